The Morgan fingerprint density at radius 3 is 2.69 bits per heavy atom. The monoisotopic (exact) mass is 181 g/mol. The van der Waals surface area contributed by atoms with Crippen LogP contribution >= 0.6 is 0 Å². The van der Waals surface area contributed by atoms with Crippen molar-refractivity contribution in [2.45, 2.75) is 13.8 Å². The third kappa shape index (κ3) is 1.77. The van der Waals surface area contributed by atoms with Gasteiger partial charge in [-0.1, -0.05) is 13.8 Å². The fourth-order valence-electron chi connectivity index (χ4n) is 0.948. The number of rotatable bonds is 2. The molecular weight excluding hydrogens is 170 g/mol. The summed E-state index contributed by atoms with van der Waals surface area (Å²) in [4.78, 5) is 24.9. The van der Waals surface area contributed by atoms with Gasteiger partial charge in [-0.25, -0.2) is 0 Å². The molecule has 1 aromatic heterocycles. The third-order valence-electron chi connectivity index (χ3n) is 1.70. The highest BCUT2D eigenvalue weighted by Crippen LogP contribution is 2.12. The number of pyridine rings is 1. The highest BCUT2D eigenvalue weighted by molar-refractivity contribution is 5.97. The normalized spacial score (nSPS) is 10.4. The van der Waals surface area contributed by atoms with Crippen molar-refractivity contribution < 1.29 is 9.90 Å². The van der Waals surface area contributed by atoms with E-state index in [9.17, 15) is 14.7 Å². The van der Waals surface area contributed by atoms with E-state index in [-0.39, 0.29) is 17.4 Å². The lowest BCUT2D eigenvalue weighted by Crippen LogP contribution is -2.13. The van der Waals surface area contributed by atoms with Crippen molar-refractivity contribution in [1.29, 1.82) is 0 Å². The van der Waals surface area contributed by atoms with Crippen LogP contribution in [0.3, 0.4) is 0 Å². The van der Waals surface area contributed by atoms with Gasteiger partial charge in [-0.05, 0) is 0 Å². The number of aromatic amines is 1. The Kier molecular flexibility index (Phi) is 2.51. The van der Waals surface area contributed by atoms with E-state index in [2.05, 4.69) is 4.98 Å². The van der Waals surface area contributed by atoms with E-state index in [1.54, 1.807) is 13.8 Å². The van der Waals surface area contributed by atoms with Gasteiger partial charge in [0.15, 0.2) is 11.5 Å². The lowest BCUT2D eigenvalue weighted by Gasteiger charge is -2.04. The zero-order valence-electron chi connectivity index (χ0n) is 7.50. The first-order valence-corrected chi connectivity index (χ1v) is 3.99. The summed E-state index contributed by atoms with van der Waals surface area (Å²) in [5.74, 6) is -1.01. The maximum Gasteiger partial charge on any atom is 0.223 e. The maximum atomic E-state index is 11.4. The van der Waals surface area contributed by atoms with E-state index in [4.69, 9.17) is 0 Å². The quantitative estimate of drug-likeness (QED) is 0.666. The number of Topliss-reactive ketones (excluding diaryl/α,β-unsaturated/α-hetero) is 1. The van der Waals surface area contributed by atoms with Crippen LogP contribution < -0.4 is 5.43 Å². The SMILES string of the molecule is CC(C)C(=O)c1[nH]ccc(=O)c1O. The van der Waals surface area contributed by atoms with E-state index in [0.717, 1.165) is 0 Å². The van der Waals surface area contributed by atoms with Gasteiger partial charge in [0.25, 0.3) is 0 Å². The Morgan fingerprint density at radius 2 is 2.15 bits per heavy atom. The van der Waals surface area contributed by atoms with E-state index in [1.807, 2.05) is 0 Å². The first-order chi connectivity index (χ1) is 6.04. The van der Waals surface area contributed by atoms with Gasteiger partial charge in [0.05, 0.1) is 0 Å². The van der Waals surface area contributed by atoms with Gasteiger partial charge in [0, 0.05) is 18.2 Å². The fourth-order valence-corrected chi connectivity index (χ4v) is 0.948. The van der Waals surface area contributed by atoms with Crippen LogP contribution in [0.4, 0.5) is 0 Å². The Morgan fingerprint density at radius 1 is 1.54 bits per heavy atom. The number of nitrogens with one attached hydrogen (secondary N) is 1. The summed E-state index contributed by atoms with van der Waals surface area (Å²) in [6, 6.07) is 1.17. The standard InChI is InChI=1S/C9H11NO3/c1-5(2)8(12)7-9(13)6(11)3-4-10-7/h3-5,13H,1-2H3,(H,10,11). The second kappa shape index (κ2) is 3.43. The number of hydrogen-bond acceptors (Lipinski definition) is 3. The summed E-state index contributed by atoms with van der Waals surface area (Å²) in [6.45, 7) is 3.40. The summed E-state index contributed by atoms with van der Waals surface area (Å²) in [5.41, 5.74) is -0.551. The molecule has 0 aliphatic rings. The molecule has 70 valence electrons. The summed E-state index contributed by atoms with van der Waals surface area (Å²) in [6.07, 6.45) is 1.34. The Labute approximate surface area is 75.2 Å². The number of ketones is 1. The predicted octanol–water partition coefficient (Wildman–Crippen LogP) is 0.919. The van der Waals surface area contributed by atoms with E-state index in [0.29, 0.717) is 0 Å². The summed E-state index contributed by atoms with van der Waals surface area (Å²) in [5, 5.41) is 9.25. The van der Waals surface area contributed by atoms with Crippen molar-refractivity contribution in [3.05, 3.63) is 28.2 Å². The second-order valence-corrected chi connectivity index (χ2v) is 3.08. The molecule has 1 aromatic rings. The third-order valence-corrected chi connectivity index (χ3v) is 1.70. The van der Waals surface area contributed by atoms with E-state index in [1.165, 1.54) is 12.3 Å². The first-order valence-electron chi connectivity index (χ1n) is 3.99. The highest BCUT2D eigenvalue weighted by atomic mass is 16.3. The van der Waals surface area contributed by atoms with Crippen molar-refractivity contribution in [3.63, 3.8) is 0 Å². The molecule has 0 amide bonds. The molecule has 0 saturated carbocycles. The molecule has 4 heteroatoms. The largest absolute Gasteiger partial charge is 0.503 e. The van der Waals surface area contributed by atoms with Crippen molar-refractivity contribution in [3.8, 4) is 5.75 Å². The molecular formula is C9H11NO3. The van der Waals surface area contributed by atoms with Crippen molar-refractivity contribution in [1.82, 2.24) is 4.98 Å². The summed E-state index contributed by atoms with van der Waals surface area (Å²) >= 11 is 0. The molecule has 0 spiro atoms. The molecule has 0 aliphatic carbocycles. The van der Waals surface area contributed by atoms with E-state index >= 15 is 0 Å². The Bertz CT molecular complexity index is 379. The Balaban J connectivity index is 3.23. The van der Waals surface area contributed by atoms with Crippen LogP contribution in [-0.4, -0.2) is 15.9 Å². The Hall–Kier alpha value is -1.58. The van der Waals surface area contributed by atoms with Crippen molar-refractivity contribution in [2.75, 3.05) is 0 Å². The molecule has 0 atom stereocenters. The van der Waals surface area contributed by atoms with Gasteiger partial charge < -0.3 is 10.1 Å². The molecule has 0 aliphatic heterocycles. The summed E-state index contributed by atoms with van der Waals surface area (Å²) < 4.78 is 0. The minimum Gasteiger partial charge on any atom is -0.503 e. The van der Waals surface area contributed by atoms with Crippen LogP contribution in [0.5, 0.6) is 5.75 Å². The second-order valence-electron chi connectivity index (χ2n) is 3.08. The molecule has 2 N–H and O–H groups in total. The van der Waals surface area contributed by atoms with Crippen LogP contribution in [-0.2, 0) is 0 Å². The summed E-state index contributed by atoms with van der Waals surface area (Å²) in [7, 11) is 0. The molecule has 0 unspecified atom stereocenters. The van der Waals surface area contributed by atoms with Crippen molar-refractivity contribution in [2.24, 2.45) is 5.92 Å². The molecule has 4 nitrogen and oxygen atoms in total. The van der Waals surface area contributed by atoms with Gasteiger partial charge in [-0.15, -0.1) is 0 Å². The zero-order chi connectivity index (χ0) is 10.0. The molecule has 13 heavy (non-hydrogen) atoms. The minimum absolute atomic E-state index is 0.0116. The number of hydrogen-bond donors (Lipinski definition) is 2. The van der Waals surface area contributed by atoms with Crippen LogP contribution in [0.25, 0.3) is 0 Å². The number of carbonyl (C=O) groups excluding carboxylic acids is 1. The smallest absolute Gasteiger partial charge is 0.223 e. The minimum atomic E-state index is -0.539. The van der Waals surface area contributed by atoms with Crippen molar-refractivity contribution >= 4 is 5.78 Å². The molecule has 0 radical (unpaired) electrons. The number of H-pyrrole nitrogens is 1. The van der Waals surface area contributed by atoms with Crippen LogP contribution in [0.1, 0.15) is 24.3 Å². The topological polar surface area (TPSA) is 70.2 Å². The van der Waals surface area contributed by atoms with Crippen LogP contribution in [0.15, 0.2) is 17.1 Å². The van der Waals surface area contributed by atoms with Gasteiger partial charge in [-0.3, -0.25) is 9.59 Å². The highest BCUT2D eigenvalue weighted by Gasteiger charge is 2.16. The molecule has 0 bridgehead atoms. The number of carbonyl (C=O) groups is 1. The van der Waals surface area contributed by atoms with Crippen LogP contribution in [0.2, 0.25) is 0 Å². The first kappa shape index (κ1) is 9.51. The fraction of sp³-hybridized carbons (Fsp3) is 0.333. The molecule has 1 rings (SSSR count). The predicted molar refractivity (Wildman–Crippen MR) is 47.9 cm³/mol. The number of aromatic hydroxyl groups is 1. The van der Waals surface area contributed by atoms with Crippen LogP contribution in [0, 0.1) is 5.92 Å². The molecule has 0 fully saturated rings. The van der Waals surface area contributed by atoms with Gasteiger partial charge >= 0.3 is 0 Å². The maximum absolute atomic E-state index is 11.4. The van der Waals surface area contributed by atoms with Gasteiger partial charge in [0.1, 0.15) is 5.69 Å². The average molecular weight is 181 g/mol. The molecule has 0 aromatic carbocycles. The lowest BCUT2D eigenvalue weighted by molar-refractivity contribution is 0.0931. The zero-order valence-corrected chi connectivity index (χ0v) is 7.50. The lowest BCUT2D eigenvalue weighted by atomic mass is 10.1. The van der Waals surface area contributed by atoms with Gasteiger partial charge in [-0.2, -0.15) is 0 Å². The van der Waals surface area contributed by atoms with E-state index < -0.39 is 11.2 Å². The molecule has 1 heterocycles. The molecule has 0 saturated heterocycles. The van der Waals surface area contributed by atoms with Gasteiger partial charge in [0.2, 0.25) is 5.43 Å². The average Bonchev–Trinajstić information content (AvgIpc) is 2.08. The number of aromatic nitrogens is 1.